The van der Waals surface area contributed by atoms with Crippen molar-refractivity contribution in [1.82, 2.24) is 0 Å². The summed E-state index contributed by atoms with van der Waals surface area (Å²) in [6, 6.07) is 8.62. The van der Waals surface area contributed by atoms with Crippen LogP contribution in [0.5, 0.6) is 11.5 Å². The molecular formula is C13H9Cl2NO4. The standard InChI is InChI=1S/C13H9Cl2NO4/c14-10-3-2-9(16(18)19)6-13(10)20-12-4-1-8(7-17)5-11(12)15/h1-6,17H,7H2. The molecule has 0 fully saturated rings. The SMILES string of the molecule is O=[N+]([O-])c1ccc(Cl)c(Oc2ccc(CO)cc2Cl)c1. The molecule has 0 unspecified atom stereocenters. The van der Waals surface area contributed by atoms with Crippen LogP contribution >= 0.6 is 23.2 Å². The highest BCUT2D eigenvalue weighted by atomic mass is 35.5. The molecule has 0 bridgehead atoms. The Labute approximate surface area is 124 Å². The van der Waals surface area contributed by atoms with Gasteiger partial charge >= 0.3 is 0 Å². The Balaban J connectivity index is 2.34. The number of ether oxygens (including phenoxy) is 1. The van der Waals surface area contributed by atoms with E-state index in [1.165, 1.54) is 18.2 Å². The van der Waals surface area contributed by atoms with Gasteiger partial charge in [0.25, 0.3) is 5.69 Å². The Morgan fingerprint density at radius 3 is 2.45 bits per heavy atom. The fourth-order valence-electron chi connectivity index (χ4n) is 1.53. The van der Waals surface area contributed by atoms with E-state index < -0.39 is 4.92 Å². The van der Waals surface area contributed by atoms with E-state index in [-0.39, 0.29) is 28.1 Å². The van der Waals surface area contributed by atoms with Gasteiger partial charge in [-0.1, -0.05) is 29.3 Å². The van der Waals surface area contributed by atoms with Crippen molar-refractivity contribution in [1.29, 1.82) is 0 Å². The zero-order valence-corrected chi connectivity index (χ0v) is 11.6. The molecule has 0 radical (unpaired) electrons. The number of nitro benzene ring substituents is 1. The lowest BCUT2D eigenvalue weighted by Crippen LogP contribution is -1.92. The minimum absolute atomic E-state index is 0.132. The van der Waals surface area contributed by atoms with Crippen LogP contribution in [-0.2, 0) is 6.61 Å². The van der Waals surface area contributed by atoms with Crippen molar-refractivity contribution in [2.45, 2.75) is 6.61 Å². The molecule has 0 heterocycles. The van der Waals surface area contributed by atoms with E-state index in [0.29, 0.717) is 11.3 Å². The summed E-state index contributed by atoms with van der Waals surface area (Å²) in [6.07, 6.45) is 0. The summed E-state index contributed by atoms with van der Waals surface area (Å²) in [7, 11) is 0. The molecular weight excluding hydrogens is 305 g/mol. The largest absolute Gasteiger partial charge is 0.454 e. The summed E-state index contributed by atoms with van der Waals surface area (Å²) >= 11 is 11.9. The molecule has 0 amide bonds. The number of rotatable bonds is 4. The molecule has 0 aliphatic heterocycles. The Hall–Kier alpha value is -1.82. The number of aliphatic hydroxyl groups is 1. The molecule has 2 rings (SSSR count). The van der Waals surface area contributed by atoms with E-state index >= 15 is 0 Å². The second kappa shape index (κ2) is 6.09. The first kappa shape index (κ1) is 14.6. The van der Waals surface area contributed by atoms with Crippen LogP contribution in [0.1, 0.15) is 5.56 Å². The molecule has 0 saturated carbocycles. The third-order valence-electron chi connectivity index (χ3n) is 2.52. The number of aliphatic hydroxyl groups excluding tert-OH is 1. The maximum absolute atomic E-state index is 10.7. The van der Waals surface area contributed by atoms with Gasteiger partial charge in [-0.3, -0.25) is 10.1 Å². The van der Waals surface area contributed by atoms with Gasteiger partial charge in [0.05, 0.1) is 27.6 Å². The maximum atomic E-state index is 10.7. The number of benzene rings is 2. The predicted molar refractivity (Wildman–Crippen MR) is 75.6 cm³/mol. The number of nitro groups is 1. The molecule has 104 valence electrons. The van der Waals surface area contributed by atoms with Gasteiger partial charge in [-0.15, -0.1) is 0 Å². The minimum Gasteiger partial charge on any atom is -0.454 e. The smallest absolute Gasteiger partial charge is 0.273 e. The summed E-state index contributed by atoms with van der Waals surface area (Å²) in [5, 5.41) is 20.2. The number of non-ortho nitro benzene ring substituents is 1. The van der Waals surface area contributed by atoms with Crippen LogP contribution in [0, 0.1) is 10.1 Å². The van der Waals surface area contributed by atoms with Crippen LogP contribution in [0.4, 0.5) is 5.69 Å². The highest BCUT2D eigenvalue weighted by Crippen LogP contribution is 2.36. The van der Waals surface area contributed by atoms with Crippen molar-refractivity contribution in [2.24, 2.45) is 0 Å². The Bertz CT molecular complexity index is 661. The highest BCUT2D eigenvalue weighted by molar-refractivity contribution is 6.33. The van der Waals surface area contributed by atoms with E-state index in [9.17, 15) is 10.1 Å². The Morgan fingerprint density at radius 2 is 1.85 bits per heavy atom. The molecule has 5 nitrogen and oxygen atoms in total. The molecule has 0 aliphatic rings. The second-order valence-electron chi connectivity index (χ2n) is 3.90. The zero-order chi connectivity index (χ0) is 14.7. The monoisotopic (exact) mass is 313 g/mol. The molecule has 0 aliphatic carbocycles. The van der Waals surface area contributed by atoms with E-state index in [2.05, 4.69) is 0 Å². The predicted octanol–water partition coefficient (Wildman–Crippen LogP) is 4.19. The van der Waals surface area contributed by atoms with Gasteiger partial charge in [-0.25, -0.2) is 0 Å². The first-order chi connectivity index (χ1) is 9.51. The van der Waals surface area contributed by atoms with Crippen molar-refractivity contribution in [3.8, 4) is 11.5 Å². The third kappa shape index (κ3) is 3.19. The Morgan fingerprint density at radius 1 is 1.10 bits per heavy atom. The van der Waals surface area contributed by atoms with Gasteiger partial charge in [0.1, 0.15) is 5.75 Å². The van der Waals surface area contributed by atoms with Crippen molar-refractivity contribution in [3.63, 3.8) is 0 Å². The van der Waals surface area contributed by atoms with Gasteiger partial charge in [0.2, 0.25) is 0 Å². The summed E-state index contributed by atoms with van der Waals surface area (Å²) in [4.78, 5) is 10.2. The third-order valence-corrected chi connectivity index (χ3v) is 3.13. The van der Waals surface area contributed by atoms with E-state index in [4.69, 9.17) is 33.0 Å². The maximum Gasteiger partial charge on any atom is 0.273 e. The van der Waals surface area contributed by atoms with Crippen LogP contribution in [0.2, 0.25) is 10.0 Å². The lowest BCUT2D eigenvalue weighted by atomic mass is 10.2. The topological polar surface area (TPSA) is 72.6 Å². The summed E-state index contributed by atoms with van der Waals surface area (Å²) < 4.78 is 5.48. The van der Waals surface area contributed by atoms with Crippen LogP contribution in [-0.4, -0.2) is 10.0 Å². The molecule has 0 spiro atoms. The number of nitrogens with zero attached hydrogens (tertiary/aromatic N) is 1. The van der Waals surface area contributed by atoms with Crippen LogP contribution in [0.3, 0.4) is 0 Å². The molecule has 0 atom stereocenters. The molecule has 20 heavy (non-hydrogen) atoms. The van der Waals surface area contributed by atoms with Crippen molar-refractivity contribution >= 4 is 28.9 Å². The average molecular weight is 314 g/mol. The van der Waals surface area contributed by atoms with E-state index in [1.807, 2.05) is 0 Å². The average Bonchev–Trinajstić information content (AvgIpc) is 2.42. The molecule has 0 saturated heterocycles. The van der Waals surface area contributed by atoms with Crippen molar-refractivity contribution in [3.05, 3.63) is 62.1 Å². The highest BCUT2D eigenvalue weighted by Gasteiger charge is 2.13. The molecule has 1 N–H and O–H groups in total. The normalized spacial score (nSPS) is 10.3. The number of hydrogen-bond acceptors (Lipinski definition) is 4. The van der Waals surface area contributed by atoms with Gasteiger partial charge < -0.3 is 9.84 Å². The second-order valence-corrected chi connectivity index (χ2v) is 4.71. The fourth-order valence-corrected chi connectivity index (χ4v) is 1.93. The first-order valence-corrected chi connectivity index (χ1v) is 6.28. The van der Waals surface area contributed by atoms with Gasteiger partial charge in [-0.2, -0.15) is 0 Å². The minimum atomic E-state index is -0.542. The molecule has 7 heteroatoms. The Kier molecular flexibility index (Phi) is 4.44. The van der Waals surface area contributed by atoms with Crippen LogP contribution in [0.15, 0.2) is 36.4 Å². The van der Waals surface area contributed by atoms with Crippen molar-refractivity contribution < 1.29 is 14.8 Å². The van der Waals surface area contributed by atoms with E-state index in [1.54, 1.807) is 18.2 Å². The summed E-state index contributed by atoms with van der Waals surface area (Å²) in [5.74, 6) is 0.436. The molecule has 2 aromatic carbocycles. The molecule has 0 aromatic heterocycles. The number of hydrogen-bond donors (Lipinski definition) is 1. The lowest BCUT2D eigenvalue weighted by Gasteiger charge is -2.09. The van der Waals surface area contributed by atoms with Crippen molar-refractivity contribution in [2.75, 3.05) is 0 Å². The fraction of sp³-hybridized carbons (Fsp3) is 0.0769. The number of halogens is 2. The van der Waals surface area contributed by atoms with Crippen LogP contribution in [0.25, 0.3) is 0 Å². The van der Waals surface area contributed by atoms with Gasteiger partial charge in [0.15, 0.2) is 5.75 Å². The summed E-state index contributed by atoms with van der Waals surface area (Å²) in [6.45, 7) is -0.141. The van der Waals surface area contributed by atoms with Gasteiger partial charge in [0, 0.05) is 6.07 Å². The van der Waals surface area contributed by atoms with E-state index in [0.717, 1.165) is 0 Å². The lowest BCUT2D eigenvalue weighted by molar-refractivity contribution is -0.384. The zero-order valence-electron chi connectivity index (χ0n) is 10.0. The summed E-state index contributed by atoms with van der Waals surface area (Å²) in [5.41, 5.74) is 0.500. The van der Waals surface area contributed by atoms with Crippen LogP contribution < -0.4 is 4.74 Å². The quantitative estimate of drug-likeness (QED) is 0.678. The van der Waals surface area contributed by atoms with Gasteiger partial charge in [-0.05, 0) is 23.8 Å². The molecule has 2 aromatic rings. The first-order valence-electron chi connectivity index (χ1n) is 5.52.